The summed E-state index contributed by atoms with van der Waals surface area (Å²) >= 11 is 0. The minimum atomic E-state index is -1.88. The zero-order chi connectivity index (χ0) is 52.9. The smallest absolute Gasteiger partial charge is 0.192 e. The van der Waals surface area contributed by atoms with Gasteiger partial charge in [-0.1, -0.05) is 104 Å². The molecule has 2 heterocycles. The molecule has 0 bridgehead atoms. The molecule has 0 saturated carbocycles. The predicted octanol–water partition coefficient (Wildman–Crippen LogP) is 12.4. The van der Waals surface area contributed by atoms with Gasteiger partial charge in [0.25, 0.3) is 0 Å². The molecule has 12 nitrogen and oxygen atoms in total. The van der Waals surface area contributed by atoms with Gasteiger partial charge in [0.05, 0.1) is 39.6 Å². The molecule has 2 aromatic rings. The predicted molar refractivity (Wildman–Crippen MR) is 285 cm³/mol. The molecule has 0 spiro atoms. The third-order valence-corrected chi connectivity index (χ3v) is 23.4. The minimum Gasteiger partial charge on any atom is -0.497 e. The van der Waals surface area contributed by atoms with Gasteiger partial charge in [0, 0.05) is 25.2 Å². The van der Waals surface area contributed by atoms with Gasteiger partial charge in [-0.25, -0.2) is 0 Å². The summed E-state index contributed by atoms with van der Waals surface area (Å²) in [5.41, 5.74) is 2.07. The zero-order valence-corrected chi connectivity index (χ0v) is 48.8. The number of hydrogen-bond donors (Lipinski definition) is 1. The van der Waals surface area contributed by atoms with E-state index in [0.717, 1.165) is 28.9 Å². The van der Waals surface area contributed by atoms with Crippen LogP contribution in [0.4, 0.5) is 0 Å². The van der Waals surface area contributed by atoms with Crippen molar-refractivity contribution in [1.29, 1.82) is 0 Å². The first-order valence-electron chi connectivity index (χ1n) is 25.3. The van der Waals surface area contributed by atoms with E-state index >= 15 is 0 Å². The minimum absolute atomic E-state index is 0.0311. The SMILES string of the molecule is COc1ccc(COC(/C=C\[C@@H](C)[C@H](C)O[Si](C)(C)C(C)(C)C)[C@H]2OC(C)(C)O[C@H]2CC=O)cc1.COc1ccc(COC(/C=C\[C@@H](C)[C@H](C)O[Si](C)(C)C(C)(C)C)[C@H]2OC(C)(C)O[C@H]2CCO)cc1. The van der Waals surface area contributed by atoms with Crippen molar-refractivity contribution >= 4 is 22.9 Å². The number of carbonyl (C=O) groups is 1. The fraction of sp³-hybridized carbons (Fsp3) is 0.696. The topological polar surface area (TPSA) is 130 Å². The molecule has 0 radical (unpaired) electrons. The highest BCUT2D eigenvalue weighted by molar-refractivity contribution is 6.74. The molecule has 2 aliphatic heterocycles. The van der Waals surface area contributed by atoms with E-state index in [-0.39, 0.29) is 77.7 Å². The molecule has 2 fully saturated rings. The van der Waals surface area contributed by atoms with Crippen LogP contribution in [0, 0.1) is 11.8 Å². The Labute approximate surface area is 425 Å². The van der Waals surface area contributed by atoms with Crippen LogP contribution in [0.3, 0.4) is 0 Å². The van der Waals surface area contributed by atoms with Crippen LogP contribution in [0.1, 0.15) is 121 Å². The normalized spacial score (nSPS) is 23.3. The van der Waals surface area contributed by atoms with E-state index in [2.05, 4.69) is 114 Å². The number of aliphatic hydroxyl groups is 1. The Hall–Kier alpha value is -2.74. The second-order valence-electron chi connectivity index (χ2n) is 23.1. The number of benzene rings is 2. The molecule has 10 atom stereocenters. The molecule has 4 rings (SSSR count). The maximum absolute atomic E-state index is 11.3. The van der Waals surface area contributed by atoms with Gasteiger partial charge in [-0.2, -0.15) is 0 Å². The quantitative estimate of drug-likeness (QED) is 0.0610. The number of carbonyl (C=O) groups excluding carboxylic acids is 1. The van der Waals surface area contributed by atoms with Gasteiger partial charge in [-0.15, -0.1) is 0 Å². The average molecular weight is 1020 g/mol. The van der Waals surface area contributed by atoms with E-state index in [1.807, 2.05) is 82.3 Å². The average Bonchev–Trinajstić information content (AvgIpc) is 3.75. The van der Waals surface area contributed by atoms with Gasteiger partial charge in [-0.05, 0) is 131 Å². The van der Waals surface area contributed by atoms with Crippen molar-refractivity contribution in [3.8, 4) is 11.5 Å². The van der Waals surface area contributed by atoms with Crippen molar-refractivity contribution in [2.24, 2.45) is 11.8 Å². The second kappa shape index (κ2) is 26.5. The number of rotatable bonds is 24. The molecule has 1 N–H and O–H groups in total. The Balaban J connectivity index is 0.000000370. The molecule has 0 aromatic heterocycles. The molecular formula is C56H94O12Si2. The van der Waals surface area contributed by atoms with Crippen molar-refractivity contribution in [2.75, 3.05) is 20.8 Å². The van der Waals surface area contributed by atoms with Crippen LogP contribution in [0.2, 0.25) is 36.3 Å². The number of hydrogen-bond acceptors (Lipinski definition) is 12. The van der Waals surface area contributed by atoms with Crippen molar-refractivity contribution in [2.45, 2.75) is 220 Å². The summed E-state index contributed by atoms with van der Waals surface area (Å²) in [5.74, 6) is 0.476. The lowest BCUT2D eigenvalue weighted by Gasteiger charge is -2.39. The Bertz CT molecular complexity index is 1900. The molecule has 0 amide bonds. The van der Waals surface area contributed by atoms with Crippen molar-refractivity contribution in [1.82, 2.24) is 0 Å². The van der Waals surface area contributed by atoms with Gasteiger partial charge >= 0.3 is 0 Å². The monoisotopic (exact) mass is 1010 g/mol. The highest BCUT2D eigenvalue weighted by Gasteiger charge is 2.46. The van der Waals surface area contributed by atoms with Crippen LogP contribution < -0.4 is 9.47 Å². The van der Waals surface area contributed by atoms with E-state index in [4.69, 9.17) is 46.7 Å². The highest BCUT2D eigenvalue weighted by Crippen LogP contribution is 2.40. The van der Waals surface area contributed by atoms with Crippen LogP contribution in [-0.2, 0) is 55.3 Å². The fourth-order valence-corrected chi connectivity index (χ4v) is 10.6. The molecule has 2 aliphatic rings. The zero-order valence-electron chi connectivity index (χ0n) is 46.8. The standard InChI is InChI=1S/C28H48O6Si.C28H46O6Si/c2*1-20(21(2)34-35(9,10)27(3,4)5)11-16-24(26-25(17-18-29)32-28(6,7)33-26)31-19-22-12-14-23(30-8)15-13-22/h11-16,20-21,24-26,29H,17-19H2,1-10H3;11-16,18,20-21,24-26H,17,19H2,1-10H3/b2*16-11-/t2*20-,21+,24?,25+,26-/m11/s1. The van der Waals surface area contributed by atoms with E-state index in [1.54, 1.807) is 14.2 Å². The lowest BCUT2D eigenvalue weighted by molar-refractivity contribution is -0.157. The molecule has 398 valence electrons. The number of aliphatic hydroxyl groups excluding tert-OH is 1. The summed E-state index contributed by atoms with van der Waals surface area (Å²) in [6, 6.07) is 15.7. The number of ether oxygens (including phenoxy) is 8. The van der Waals surface area contributed by atoms with Crippen molar-refractivity contribution in [3.63, 3.8) is 0 Å². The Morgan fingerprint density at radius 1 is 0.600 bits per heavy atom. The maximum atomic E-state index is 11.3. The third kappa shape index (κ3) is 18.9. The van der Waals surface area contributed by atoms with E-state index in [9.17, 15) is 9.90 Å². The Morgan fingerprint density at radius 2 is 0.957 bits per heavy atom. The summed E-state index contributed by atoms with van der Waals surface area (Å²) in [4.78, 5) is 11.3. The first kappa shape index (κ1) is 61.6. The van der Waals surface area contributed by atoms with Crippen LogP contribution >= 0.6 is 0 Å². The van der Waals surface area contributed by atoms with Gasteiger partial charge < -0.3 is 56.6 Å². The van der Waals surface area contributed by atoms with E-state index in [1.165, 1.54) is 0 Å². The first-order valence-corrected chi connectivity index (χ1v) is 31.2. The molecule has 0 aliphatic carbocycles. The molecule has 2 saturated heterocycles. The lowest BCUT2D eigenvalue weighted by Crippen LogP contribution is -2.44. The van der Waals surface area contributed by atoms with Gasteiger partial charge in [0.2, 0.25) is 0 Å². The fourth-order valence-electron chi connectivity index (χ4n) is 7.64. The van der Waals surface area contributed by atoms with Crippen molar-refractivity contribution < 1.29 is 56.6 Å². The van der Waals surface area contributed by atoms with E-state index < -0.39 is 34.3 Å². The maximum Gasteiger partial charge on any atom is 0.192 e. The largest absolute Gasteiger partial charge is 0.497 e. The van der Waals surface area contributed by atoms with Crippen molar-refractivity contribution in [3.05, 3.63) is 84.0 Å². The third-order valence-electron chi connectivity index (χ3n) is 14.3. The van der Waals surface area contributed by atoms with Gasteiger partial charge in [0.15, 0.2) is 28.2 Å². The van der Waals surface area contributed by atoms with Crippen LogP contribution in [-0.4, -0.2) is 109 Å². The number of methoxy groups -OCH3 is 2. The molecule has 70 heavy (non-hydrogen) atoms. The summed E-state index contributed by atoms with van der Waals surface area (Å²) in [5, 5.41) is 9.91. The molecule has 14 heteroatoms. The molecule has 2 unspecified atom stereocenters. The molecule has 2 aromatic carbocycles. The summed E-state index contributed by atoms with van der Waals surface area (Å²) in [6.45, 7) is 39.7. The first-order chi connectivity index (χ1) is 32.4. The Kier molecular flexibility index (Phi) is 23.3. The summed E-state index contributed by atoms with van der Waals surface area (Å²) < 4.78 is 61.1. The number of aldehydes is 1. The van der Waals surface area contributed by atoms with E-state index in [0.29, 0.717) is 19.6 Å². The second-order valence-corrected chi connectivity index (χ2v) is 32.6. The van der Waals surface area contributed by atoms with Gasteiger partial charge in [0.1, 0.15) is 42.2 Å². The summed E-state index contributed by atoms with van der Waals surface area (Å²) in [6.07, 6.45) is 8.16. The Morgan fingerprint density at radius 3 is 1.29 bits per heavy atom. The highest BCUT2D eigenvalue weighted by atomic mass is 28.4. The summed E-state index contributed by atoms with van der Waals surface area (Å²) in [7, 11) is -0.443. The van der Waals surface area contributed by atoms with Crippen LogP contribution in [0.15, 0.2) is 72.8 Å². The molecular weight excluding hydrogens is 921 g/mol. The lowest BCUT2D eigenvalue weighted by atomic mass is 10.0. The van der Waals surface area contributed by atoms with Crippen LogP contribution in [0.5, 0.6) is 11.5 Å². The van der Waals surface area contributed by atoms with Gasteiger partial charge in [-0.3, -0.25) is 0 Å². The van der Waals surface area contributed by atoms with Crippen LogP contribution in [0.25, 0.3) is 0 Å².